The number of hydrogen-bond donors (Lipinski definition) is 0. The fourth-order valence-electron chi connectivity index (χ4n) is 1.50. The smallest absolute Gasteiger partial charge is 0.154 e. The molecule has 0 aliphatic carbocycles. The predicted octanol–water partition coefficient (Wildman–Crippen LogP) is 4.42. The van der Waals surface area contributed by atoms with Gasteiger partial charge in [0, 0.05) is 23.2 Å². The molecule has 1 aromatic carbocycles. The number of halogens is 2. The van der Waals surface area contributed by atoms with Crippen LogP contribution < -0.4 is 0 Å². The SMILES string of the molecule is CC(C)(C)CC(=O)CN=Cc1ccc(Cl)cc1Cl. The van der Waals surface area contributed by atoms with Crippen molar-refractivity contribution in [2.75, 3.05) is 6.54 Å². The van der Waals surface area contributed by atoms with Gasteiger partial charge < -0.3 is 0 Å². The van der Waals surface area contributed by atoms with Crippen molar-refractivity contribution >= 4 is 35.2 Å². The van der Waals surface area contributed by atoms with Crippen molar-refractivity contribution in [1.82, 2.24) is 0 Å². The highest BCUT2D eigenvalue weighted by Crippen LogP contribution is 2.20. The quantitative estimate of drug-likeness (QED) is 0.753. The summed E-state index contributed by atoms with van der Waals surface area (Å²) in [6.45, 7) is 6.29. The first-order valence-electron chi connectivity index (χ1n) is 5.74. The van der Waals surface area contributed by atoms with Gasteiger partial charge in [0.1, 0.15) is 0 Å². The van der Waals surface area contributed by atoms with Crippen molar-refractivity contribution in [3.63, 3.8) is 0 Å². The minimum atomic E-state index is 0.00448. The summed E-state index contributed by atoms with van der Waals surface area (Å²) in [6.07, 6.45) is 2.14. The molecule has 0 unspecified atom stereocenters. The van der Waals surface area contributed by atoms with Gasteiger partial charge >= 0.3 is 0 Å². The number of nitrogens with zero attached hydrogens (tertiary/aromatic N) is 1. The van der Waals surface area contributed by atoms with Crippen LogP contribution in [-0.4, -0.2) is 18.5 Å². The number of Topliss-reactive ketones (excluding diaryl/α,β-unsaturated/α-hetero) is 1. The van der Waals surface area contributed by atoms with Gasteiger partial charge in [0.05, 0.1) is 11.6 Å². The number of rotatable bonds is 4. The molecule has 0 aliphatic rings. The maximum atomic E-state index is 11.6. The Morgan fingerprint density at radius 1 is 1.33 bits per heavy atom. The molecule has 0 amide bonds. The molecule has 0 fully saturated rings. The molecule has 1 aromatic rings. The number of carbonyl (C=O) groups excluding carboxylic acids is 1. The number of aliphatic imine (C=N–C) groups is 1. The fraction of sp³-hybridized carbons (Fsp3) is 0.429. The first-order chi connectivity index (χ1) is 8.28. The van der Waals surface area contributed by atoms with E-state index in [2.05, 4.69) is 4.99 Å². The largest absolute Gasteiger partial charge is 0.298 e. The maximum absolute atomic E-state index is 11.6. The van der Waals surface area contributed by atoms with Crippen LogP contribution in [0.5, 0.6) is 0 Å². The highest BCUT2D eigenvalue weighted by atomic mass is 35.5. The third-order valence-corrected chi connectivity index (χ3v) is 2.75. The first kappa shape index (κ1) is 15.2. The molecule has 0 aromatic heterocycles. The molecule has 0 heterocycles. The van der Waals surface area contributed by atoms with E-state index in [0.717, 1.165) is 5.56 Å². The Balaban J connectivity index is 2.58. The summed E-state index contributed by atoms with van der Waals surface area (Å²) in [5.74, 6) is 0.129. The molecule has 0 saturated carbocycles. The van der Waals surface area contributed by atoms with Gasteiger partial charge in [0.25, 0.3) is 0 Å². The summed E-state index contributed by atoms with van der Waals surface area (Å²) in [6, 6.07) is 5.18. The third kappa shape index (κ3) is 5.65. The Kier molecular flexibility index (Phi) is 5.36. The van der Waals surface area contributed by atoms with Crippen LogP contribution in [0.15, 0.2) is 23.2 Å². The molecular formula is C14H17Cl2NO. The zero-order chi connectivity index (χ0) is 13.8. The summed E-state index contributed by atoms with van der Waals surface area (Å²) in [5, 5.41) is 1.12. The van der Waals surface area contributed by atoms with Crippen LogP contribution in [0, 0.1) is 5.41 Å². The Morgan fingerprint density at radius 2 is 2.00 bits per heavy atom. The van der Waals surface area contributed by atoms with E-state index in [-0.39, 0.29) is 17.7 Å². The molecule has 0 N–H and O–H groups in total. The third-order valence-electron chi connectivity index (χ3n) is 2.19. The Hall–Kier alpha value is -0.860. The van der Waals surface area contributed by atoms with Crippen molar-refractivity contribution in [1.29, 1.82) is 0 Å². The minimum Gasteiger partial charge on any atom is -0.298 e. The lowest BCUT2D eigenvalue weighted by molar-refractivity contribution is -0.119. The summed E-state index contributed by atoms with van der Waals surface area (Å²) in [5.41, 5.74) is 0.773. The molecule has 0 aliphatic heterocycles. The average Bonchev–Trinajstić information content (AvgIpc) is 2.18. The fourth-order valence-corrected chi connectivity index (χ4v) is 1.96. The van der Waals surface area contributed by atoms with Crippen LogP contribution in [0.25, 0.3) is 0 Å². The van der Waals surface area contributed by atoms with Crippen molar-refractivity contribution in [3.8, 4) is 0 Å². The molecule has 0 radical (unpaired) electrons. The molecule has 0 atom stereocenters. The Labute approximate surface area is 118 Å². The maximum Gasteiger partial charge on any atom is 0.154 e. The zero-order valence-corrected chi connectivity index (χ0v) is 12.3. The number of carbonyl (C=O) groups is 1. The number of hydrogen-bond acceptors (Lipinski definition) is 2. The van der Waals surface area contributed by atoms with Gasteiger partial charge in [-0.2, -0.15) is 0 Å². The molecule has 98 valence electrons. The van der Waals surface area contributed by atoms with E-state index in [0.29, 0.717) is 16.5 Å². The summed E-state index contributed by atoms with van der Waals surface area (Å²) >= 11 is 11.8. The zero-order valence-electron chi connectivity index (χ0n) is 10.8. The van der Waals surface area contributed by atoms with Crippen LogP contribution >= 0.6 is 23.2 Å². The molecule has 4 heteroatoms. The highest BCUT2D eigenvalue weighted by molar-refractivity contribution is 6.36. The minimum absolute atomic E-state index is 0.00448. The highest BCUT2D eigenvalue weighted by Gasteiger charge is 2.14. The summed E-state index contributed by atoms with van der Waals surface area (Å²) in [7, 11) is 0. The molecule has 18 heavy (non-hydrogen) atoms. The predicted molar refractivity (Wildman–Crippen MR) is 78.0 cm³/mol. The lowest BCUT2D eigenvalue weighted by atomic mass is 9.90. The van der Waals surface area contributed by atoms with Crippen molar-refractivity contribution < 1.29 is 4.79 Å². The van der Waals surface area contributed by atoms with E-state index in [1.807, 2.05) is 20.8 Å². The van der Waals surface area contributed by atoms with Gasteiger partial charge in [-0.3, -0.25) is 9.79 Å². The Morgan fingerprint density at radius 3 is 2.56 bits per heavy atom. The van der Waals surface area contributed by atoms with Gasteiger partial charge in [-0.05, 0) is 17.5 Å². The molecule has 2 nitrogen and oxygen atoms in total. The topological polar surface area (TPSA) is 29.4 Å². The van der Waals surface area contributed by atoms with Crippen LogP contribution in [-0.2, 0) is 4.79 Å². The van der Waals surface area contributed by atoms with E-state index in [1.54, 1.807) is 24.4 Å². The second-order valence-corrected chi connectivity index (χ2v) is 6.26. The van der Waals surface area contributed by atoms with Crippen LogP contribution in [0.1, 0.15) is 32.8 Å². The summed E-state index contributed by atoms with van der Waals surface area (Å²) in [4.78, 5) is 15.7. The van der Waals surface area contributed by atoms with E-state index in [4.69, 9.17) is 23.2 Å². The average molecular weight is 286 g/mol. The van der Waals surface area contributed by atoms with Gasteiger partial charge in [-0.25, -0.2) is 0 Å². The van der Waals surface area contributed by atoms with Gasteiger partial charge in [-0.15, -0.1) is 0 Å². The second-order valence-electron chi connectivity index (χ2n) is 5.41. The van der Waals surface area contributed by atoms with Gasteiger partial charge in [0.15, 0.2) is 5.78 Å². The van der Waals surface area contributed by atoms with E-state index < -0.39 is 0 Å². The first-order valence-corrected chi connectivity index (χ1v) is 6.50. The van der Waals surface area contributed by atoms with E-state index in [9.17, 15) is 4.79 Å². The lowest BCUT2D eigenvalue weighted by Gasteiger charge is -2.15. The van der Waals surface area contributed by atoms with Crippen LogP contribution in [0.4, 0.5) is 0 Å². The molecule has 1 rings (SSSR count). The van der Waals surface area contributed by atoms with Crippen LogP contribution in [0.2, 0.25) is 10.0 Å². The van der Waals surface area contributed by atoms with Gasteiger partial charge in [0.2, 0.25) is 0 Å². The van der Waals surface area contributed by atoms with Crippen molar-refractivity contribution in [2.24, 2.45) is 10.4 Å². The number of benzene rings is 1. The van der Waals surface area contributed by atoms with Crippen molar-refractivity contribution in [3.05, 3.63) is 33.8 Å². The molecule has 0 spiro atoms. The van der Waals surface area contributed by atoms with E-state index in [1.165, 1.54) is 0 Å². The second kappa shape index (κ2) is 6.35. The monoisotopic (exact) mass is 285 g/mol. The molecule has 0 bridgehead atoms. The van der Waals surface area contributed by atoms with Gasteiger partial charge in [-0.1, -0.05) is 50.0 Å². The van der Waals surface area contributed by atoms with E-state index >= 15 is 0 Å². The van der Waals surface area contributed by atoms with Crippen LogP contribution in [0.3, 0.4) is 0 Å². The molecule has 0 saturated heterocycles. The standard InChI is InChI=1S/C14H17Cl2NO/c1-14(2,3)7-12(18)9-17-8-10-4-5-11(15)6-13(10)16/h4-6,8H,7,9H2,1-3H3. The lowest BCUT2D eigenvalue weighted by Crippen LogP contribution is -2.14. The normalized spacial score (nSPS) is 12.1. The summed E-state index contributed by atoms with van der Waals surface area (Å²) < 4.78 is 0. The van der Waals surface area contributed by atoms with Crippen molar-refractivity contribution in [2.45, 2.75) is 27.2 Å². The Bertz CT molecular complexity index is 461. The number of ketones is 1. The molecular weight excluding hydrogens is 269 g/mol.